The molecule has 2 amide bonds. The molecule has 0 bridgehead atoms. The van der Waals surface area contributed by atoms with Crippen LogP contribution in [0.4, 0.5) is 0 Å². The molecule has 3 aromatic rings. The van der Waals surface area contributed by atoms with Gasteiger partial charge in [0, 0.05) is 42.6 Å². The van der Waals surface area contributed by atoms with Crippen molar-refractivity contribution in [1.29, 1.82) is 0 Å². The summed E-state index contributed by atoms with van der Waals surface area (Å²) in [7, 11) is 1.88. The third-order valence-corrected chi connectivity index (χ3v) is 4.97. The number of hydrogen-bond donors (Lipinski definition) is 2. The van der Waals surface area contributed by atoms with E-state index < -0.39 is 5.91 Å². The molecule has 1 aliphatic rings. The maximum absolute atomic E-state index is 12.7. The normalized spacial score (nSPS) is 13.5. The van der Waals surface area contributed by atoms with Crippen molar-refractivity contribution < 1.29 is 9.59 Å². The van der Waals surface area contributed by atoms with Gasteiger partial charge in [-0.1, -0.05) is 12.1 Å². The predicted molar refractivity (Wildman–Crippen MR) is 104 cm³/mol. The van der Waals surface area contributed by atoms with Crippen LogP contribution in [0.1, 0.15) is 29.0 Å². The molecule has 28 heavy (non-hydrogen) atoms. The Hall–Kier alpha value is -3.42. The summed E-state index contributed by atoms with van der Waals surface area (Å²) in [5.74, 6) is 0.0432. The lowest BCUT2D eigenvalue weighted by molar-refractivity contribution is -0.131. The summed E-state index contributed by atoms with van der Waals surface area (Å²) in [5.41, 5.74) is 0.301. The number of rotatable bonds is 6. The second-order valence-corrected chi connectivity index (χ2v) is 6.97. The van der Waals surface area contributed by atoms with Crippen molar-refractivity contribution in [1.82, 2.24) is 24.8 Å². The van der Waals surface area contributed by atoms with Crippen molar-refractivity contribution in [2.75, 3.05) is 6.54 Å². The first-order valence-corrected chi connectivity index (χ1v) is 9.19. The summed E-state index contributed by atoms with van der Waals surface area (Å²) >= 11 is 0. The number of nitrogens with one attached hydrogen (secondary N) is 2. The zero-order valence-electron chi connectivity index (χ0n) is 15.5. The summed E-state index contributed by atoms with van der Waals surface area (Å²) in [4.78, 5) is 46.6. The van der Waals surface area contributed by atoms with Crippen molar-refractivity contribution in [2.24, 2.45) is 7.05 Å². The van der Waals surface area contributed by atoms with Crippen LogP contribution in [0.5, 0.6) is 0 Å². The number of carbonyl (C=O) groups excluding carboxylic acids is 2. The molecule has 8 nitrogen and oxygen atoms in total. The summed E-state index contributed by atoms with van der Waals surface area (Å²) in [6.07, 6.45) is 6.82. The fourth-order valence-corrected chi connectivity index (χ4v) is 3.20. The Bertz CT molecular complexity index is 1100. The van der Waals surface area contributed by atoms with Gasteiger partial charge in [0.1, 0.15) is 11.4 Å². The largest absolute Gasteiger partial charge is 0.360 e. The maximum atomic E-state index is 12.7. The first kappa shape index (κ1) is 18.0. The van der Waals surface area contributed by atoms with Crippen LogP contribution in [0.25, 0.3) is 10.9 Å². The average Bonchev–Trinajstić information content (AvgIpc) is 3.46. The van der Waals surface area contributed by atoms with Gasteiger partial charge >= 0.3 is 0 Å². The Morgan fingerprint density at radius 3 is 2.82 bits per heavy atom. The molecule has 4 rings (SSSR count). The molecule has 0 aliphatic heterocycles. The van der Waals surface area contributed by atoms with Gasteiger partial charge in [-0.05, 0) is 25.0 Å². The lowest BCUT2D eigenvalue weighted by Crippen LogP contribution is -2.42. The summed E-state index contributed by atoms with van der Waals surface area (Å²) in [6, 6.07) is 7.17. The summed E-state index contributed by atoms with van der Waals surface area (Å²) in [5, 5.41) is 3.02. The van der Waals surface area contributed by atoms with Gasteiger partial charge in [0.05, 0.1) is 13.1 Å². The number of aromatic nitrogens is 3. The molecule has 144 valence electrons. The highest BCUT2D eigenvalue weighted by Gasteiger charge is 2.33. The zero-order valence-corrected chi connectivity index (χ0v) is 15.5. The van der Waals surface area contributed by atoms with Crippen molar-refractivity contribution in [3.63, 3.8) is 0 Å². The van der Waals surface area contributed by atoms with Gasteiger partial charge in [-0.15, -0.1) is 0 Å². The third kappa shape index (κ3) is 3.53. The lowest BCUT2D eigenvalue weighted by atomic mass is 10.1. The number of pyridine rings is 1. The van der Waals surface area contributed by atoms with E-state index in [0.29, 0.717) is 17.4 Å². The highest BCUT2D eigenvalue weighted by Crippen LogP contribution is 2.28. The SMILES string of the molecule is Cn1ccnc1CN(C(=O)CNC(=O)c1c[nH]c2ccccc2c1=O)C1CC1. The molecule has 1 aliphatic carbocycles. The maximum Gasteiger partial charge on any atom is 0.257 e. The molecule has 1 fully saturated rings. The number of H-pyrrole nitrogens is 1. The molecule has 1 aromatic carbocycles. The molecular weight excluding hydrogens is 358 g/mol. The van der Waals surface area contributed by atoms with E-state index in [1.165, 1.54) is 6.20 Å². The molecule has 0 radical (unpaired) electrons. The quantitative estimate of drug-likeness (QED) is 0.672. The minimum atomic E-state index is -0.562. The van der Waals surface area contributed by atoms with Gasteiger partial charge in [0.15, 0.2) is 0 Å². The van der Waals surface area contributed by atoms with E-state index >= 15 is 0 Å². The minimum absolute atomic E-state index is 0.00595. The number of imidazole rings is 1. The fraction of sp³-hybridized carbons (Fsp3) is 0.300. The third-order valence-electron chi connectivity index (χ3n) is 4.97. The van der Waals surface area contributed by atoms with Crippen LogP contribution in [0.15, 0.2) is 47.7 Å². The van der Waals surface area contributed by atoms with E-state index in [1.54, 1.807) is 29.3 Å². The number of amides is 2. The van der Waals surface area contributed by atoms with Gasteiger partial charge in [0.2, 0.25) is 11.3 Å². The first-order chi connectivity index (χ1) is 13.5. The minimum Gasteiger partial charge on any atom is -0.360 e. The Morgan fingerprint density at radius 2 is 2.11 bits per heavy atom. The molecule has 2 aromatic heterocycles. The number of para-hydroxylation sites is 1. The van der Waals surface area contributed by atoms with Crippen molar-refractivity contribution >= 4 is 22.7 Å². The molecule has 0 unspecified atom stereocenters. The van der Waals surface area contributed by atoms with Crippen LogP contribution in [0, 0.1) is 0 Å². The van der Waals surface area contributed by atoms with Crippen LogP contribution < -0.4 is 10.7 Å². The highest BCUT2D eigenvalue weighted by molar-refractivity contribution is 5.98. The Kier molecular flexibility index (Phi) is 4.68. The molecule has 0 saturated heterocycles. The monoisotopic (exact) mass is 379 g/mol. The zero-order chi connectivity index (χ0) is 19.7. The van der Waals surface area contributed by atoms with Crippen molar-refractivity contribution in [3.05, 3.63) is 64.5 Å². The van der Waals surface area contributed by atoms with Crippen LogP contribution >= 0.6 is 0 Å². The Labute approximate surface area is 161 Å². The second-order valence-electron chi connectivity index (χ2n) is 6.97. The number of aromatic amines is 1. The number of carbonyl (C=O) groups is 2. The van der Waals surface area contributed by atoms with Crippen LogP contribution in [0.3, 0.4) is 0 Å². The van der Waals surface area contributed by atoms with E-state index in [-0.39, 0.29) is 29.5 Å². The van der Waals surface area contributed by atoms with E-state index in [0.717, 1.165) is 18.7 Å². The fourth-order valence-electron chi connectivity index (χ4n) is 3.20. The van der Waals surface area contributed by atoms with E-state index in [9.17, 15) is 14.4 Å². The van der Waals surface area contributed by atoms with E-state index in [1.807, 2.05) is 23.9 Å². The number of aryl methyl sites for hydroxylation is 1. The average molecular weight is 379 g/mol. The number of fused-ring (bicyclic) bond motifs is 1. The van der Waals surface area contributed by atoms with Gasteiger partial charge in [-0.3, -0.25) is 14.4 Å². The van der Waals surface area contributed by atoms with Crippen LogP contribution in [-0.2, 0) is 18.4 Å². The number of nitrogens with zero attached hydrogens (tertiary/aromatic N) is 3. The smallest absolute Gasteiger partial charge is 0.257 e. The molecular formula is C20H21N5O3. The Morgan fingerprint density at radius 1 is 1.32 bits per heavy atom. The van der Waals surface area contributed by atoms with Gasteiger partial charge in [0.25, 0.3) is 5.91 Å². The first-order valence-electron chi connectivity index (χ1n) is 9.19. The Balaban J connectivity index is 1.45. The molecule has 1 saturated carbocycles. The predicted octanol–water partition coefficient (Wildman–Crippen LogP) is 1.18. The molecule has 0 spiro atoms. The summed E-state index contributed by atoms with van der Waals surface area (Å²) < 4.78 is 1.87. The molecule has 0 atom stereocenters. The summed E-state index contributed by atoms with van der Waals surface area (Å²) in [6.45, 7) is 0.242. The number of benzene rings is 1. The number of hydrogen-bond acceptors (Lipinski definition) is 4. The second kappa shape index (κ2) is 7.30. The molecule has 2 heterocycles. The van der Waals surface area contributed by atoms with Gasteiger partial charge in [-0.25, -0.2) is 4.98 Å². The van der Waals surface area contributed by atoms with Crippen molar-refractivity contribution in [3.8, 4) is 0 Å². The standard InChI is InChI=1S/C20H21N5O3/c1-24-9-8-21-17(24)12-25(13-6-7-13)18(26)11-23-20(28)15-10-22-16-5-3-2-4-14(16)19(15)27/h2-5,8-10,13H,6-7,11-12H2,1H3,(H,22,27)(H,23,28). The molecule has 2 N–H and O–H groups in total. The topological polar surface area (TPSA) is 100 Å². The highest BCUT2D eigenvalue weighted by atomic mass is 16.2. The lowest BCUT2D eigenvalue weighted by Gasteiger charge is -2.22. The van der Waals surface area contributed by atoms with Gasteiger partial charge < -0.3 is 19.8 Å². The van der Waals surface area contributed by atoms with Crippen molar-refractivity contribution in [2.45, 2.75) is 25.4 Å². The van der Waals surface area contributed by atoms with E-state index in [2.05, 4.69) is 15.3 Å². The molecule has 8 heteroatoms. The van der Waals surface area contributed by atoms with E-state index in [4.69, 9.17) is 0 Å². The van der Waals surface area contributed by atoms with Gasteiger partial charge in [-0.2, -0.15) is 0 Å². The van der Waals surface area contributed by atoms with Crippen LogP contribution in [-0.4, -0.2) is 43.8 Å². The van der Waals surface area contributed by atoms with Crippen LogP contribution in [0.2, 0.25) is 0 Å².